The summed E-state index contributed by atoms with van der Waals surface area (Å²) in [4.78, 5) is 17.3. The molecule has 0 aliphatic carbocycles. The Morgan fingerprint density at radius 2 is 1.56 bits per heavy atom. The van der Waals surface area contributed by atoms with Crippen molar-refractivity contribution in [3.63, 3.8) is 0 Å². The van der Waals surface area contributed by atoms with E-state index in [9.17, 15) is 4.79 Å². The van der Waals surface area contributed by atoms with Gasteiger partial charge in [0.1, 0.15) is 12.4 Å². The number of carbonyl (C=O) groups excluding carboxylic acids is 1. The quantitative estimate of drug-likeness (QED) is 0.282. The summed E-state index contributed by atoms with van der Waals surface area (Å²) < 4.78 is 6.09. The Kier molecular flexibility index (Phi) is 8.80. The summed E-state index contributed by atoms with van der Waals surface area (Å²) in [5.74, 6) is 0.772. The third-order valence-electron chi connectivity index (χ3n) is 5.54. The number of allylic oxidation sites excluding steroid dienone is 1. The molecule has 0 saturated carbocycles. The number of hydrogen-bond acceptors (Lipinski definition) is 4. The average molecular weight is 457 g/mol. The molecule has 3 aromatic rings. The maximum atomic E-state index is 13.1. The number of hydrogen-bond donors (Lipinski definition) is 0. The molecule has 0 amide bonds. The number of carbonyl (C=O) groups is 1. The third-order valence-corrected chi connectivity index (χ3v) is 5.54. The van der Waals surface area contributed by atoms with Gasteiger partial charge in [-0.05, 0) is 83.0 Å². The molecule has 4 nitrogen and oxygen atoms in total. The number of aryl methyl sites for hydroxylation is 2. The van der Waals surface area contributed by atoms with E-state index in [-0.39, 0.29) is 5.78 Å². The molecule has 0 aliphatic heterocycles. The molecular weight excluding hydrogens is 420 g/mol. The van der Waals surface area contributed by atoms with Crippen LogP contribution in [0.4, 0.5) is 0 Å². The van der Waals surface area contributed by atoms with E-state index >= 15 is 0 Å². The van der Waals surface area contributed by atoms with Crippen LogP contribution in [0, 0.1) is 13.8 Å². The van der Waals surface area contributed by atoms with Gasteiger partial charge in [0, 0.05) is 24.2 Å². The van der Waals surface area contributed by atoms with Crippen LogP contribution < -0.4 is 4.74 Å². The molecule has 3 aromatic carbocycles. The SMILES string of the molecule is Cc1cc(C)cc(-c2ccc(OCCN(C)C)c(/C=C/C(=O)c3ccccc3CN(C)C)c2)c1. The molecule has 0 heterocycles. The molecule has 0 radical (unpaired) electrons. The molecule has 0 aliphatic rings. The van der Waals surface area contributed by atoms with Crippen molar-refractivity contribution in [2.75, 3.05) is 41.3 Å². The summed E-state index contributed by atoms with van der Waals surface area (Å²) in [6, 6.07) is 20.5. The smallest absolute Gasteiger partial charge is 0.186 e. The van der Waals surface area contributed by atoms with Gasteiger partial charge in [0.05, 0.1) is 0 Å². The van der Waals surface area contributed by atoms with Crippen molar-refractivity contribution in [3.05, 3.63) is 94.6 Å². The fourth-order valence-electron chi connectivity index (χ4n) is 3.96. The van der Waals surface area contributed by atoms with Crippen molar-refractivity contribution < 1.29 is 9.53 Å². The molecule has 178 valence electrons. The molecule has 0 spiro atoms. The first kappa shape index (κ1) is 25.4. The van der Waals surface area contributed by atoms with Crippen LogP contribution in [0.25, 0.3) is 17.2 Å². The van der Waals surface area contributed by atoms with E-state index in [1.165, 1.54) is 11.1 Å². The lowest BCUT2D eigenvalue weighted by Crippen LogP contribution is -2.19. The van der Waals surface area contributed by atoms with Crippen molar-refractivity contribution in [2.45, 2.75) is 20.4 Å². The molecule has 34 heavy (non-hydrogen) atoms. The highest BCUT2D eigenvalue weighted by Crippen LogP contribution is 2.29. The van der Waals surface area contributed by atoms with Gasteiger partial charge in [-0.25, -0.2) is 0 Å². The zero-order valence-electron chi connectivity index (χ0n) is 21.3. The van der Waals surface area contributed by atoms with E-state index in [0.717, 1.165) is 46.7 Å². The largest absolute Gasteiger partial charge is 0.492 e. The van der Waals surface area contributed by atoms with Gasteiger partial charge in [-0.15, -0.1) is 0 Å². The zero-order chi connectivity index (χ0) is 24.7. The minimum atomic E-state index is -0.00602. The van der Waals surface area contributed by atoms with Crippen LogP contribution in [-0.2, 0) is 6.54 Å². The lowest BCUT2D eigenvalue weighted by atomic mass is 9.98. The van der Waals surface area contributed by atoms with Crippen molar-refractivity contribution in [3.8, 4) is 16.9 Å². The normalized spacial score (nSPS) is 11.5. The van der Waals surface area contributed by atoms with E-state index in [0.29, 0.717) is 6.61 Å². The van der Waals surface area contributed by atoms with Crippen LogP contribution in [0.5, 0.6) is 5.75 Å². The van der Waals surface area contributed by atoms with Gasteiger partial charge < -0.3 is 14.5 Å². The maximum Gasteiger partial charge on any atom is 0.186 e. The predicted molar refractivity (Wildman–Crippen MR) is 143 cm³/mol. The van der Waals surface area contributed by atoms with Crippen molar-refractivity contribution in [1.82, 2.24) is 9.80 Å². The number of nitrogens with zero attached hydrogens (tertiary/aromatic N) is 2. The summed E-state index contributed by atoms with van der Waals surface area (Å²) in [5, 5.41) is 0. The van der Waals surface area contributed by atoms with E-state index in [1.54, 1.807) is 6.08 Å². The molecule has 0 aromatic heterocycles. The van der Waals surface area contributed by atoms with Crippen LogP contribution in [0.15, 0.2) is 66.7 Å². The predicted octanol–water partition coefficient (Wildman–Crippen LogP) is 5.87. The highest BCUT2D eigenvalue weighted by Gasteiger charge is 2.11. The van der Waals surface area contributed by atoms with E-state index in [1.807, 2.05) is 64.6 Å². The first-order valence-corrected chi connectivity index (χ1v) is 11.7. The Balaban J connectivity index is 1.95. The molecule has 0 unspecified atom stereocenters. The molecule has 0 N–H and O–H groups in total. The van der Waals surface area contributed by atoms with Crippen LogP contribution in [0.2, 0.25) is 0 Å². The number of ketones is 1. The Morgan fingerprint density at radius 3 is 2.24 bits per heavy atom. The van der Waals surface area contributed by atoms with Crippen LogP contribution in [-0.4, -0.2) is 56.9 Å². The summed E-state index contributed by atoms with van der Waals surface area (Å²) in [6.07, 6.45) is 3.54. The second-order valence-electron chi connectivity index (χ2n) is 9.37. The van der Waals surface area contributed by atoms with Crippen molar-refractivity contribution >= 4 is 11.9 Å². The highest BCUT2D eigenvalue weighted by atomic mass is 16.5. The number of benzene rings is 3. The fraction of sp³-hybridized carbons (Fsp3) is 0.300. The fourth-order valence-corrected chi connectivity index (χ4v) is 3.96. The lowest BCUT2D eigenvalue weighted by molar-refractivity contribution is 0.104. The first-order chi connectivity index (χ1) is 16.2. The number of ether oxygens (including phenoxy) is 1. The van der Waals surface area contributed by atoms with E-state index < -0.39 is 0 Å². The summed E-state index contributed by atoms with van der Waals surface area (Å²) in [5.41, 5.74) is 7.37. The second kappa shape index (κ2) is 11.8. The van der Waals surface area contributed by atoms with Crippen LogP contribution in [0.1, 0.15) is 32.6 Å². The maximum absolute atomic E-state index is 13.1. The summed E-state index contributed by atoms with van der Waals surface area (Å²) in [7, 11) is 8.06. The highest BCUT2D eigenvalue weighted by molar-refractivity contribution is 6.08. The Hall–Kier alpha value is -3.21. The molecule has 0 bridgehead atoms. The molecule has 0 fully saturated rings. The minimum Gasteiger partial charge on any atom is -0.492 e. The third kappa shape index (κ3) is 7.14. The van der Waals surface area contributed by atoms with Gasteiger partial charge >= 0.3 is 0 Å². The van der Waals surface area contributed by atoms with Gasteiger partial charge in [-0.1, -0.05) is 59.7 Å². The lowest BCUT2D eigenvalue weighted by Gasteiger charge is -2.15. The topological polar surface area (TPSA) is 32.8 Å². The van der Waals surface area contributed by atoms with Crippen molar-refractivity contribution in [2.24, 2.45) is 0 Å². The molecule has 4 heteroatoms. The molecule has 3 rings (SSSR count). The Bertz CT molecular complexity index is 1140. The Labute approximate surface area is 204 Å². The van der Waals surface area contributed by atoms with Gasteiger partial charge in [-0.2, -0.15) is 0 Å². The van der Waals surface area contributed by atoms with E-state index in [4.69, 9.17) is 4.74 Å². The van der Waals surface area contributed by atoms with Gasteiger partial charge in [0.15, 0.2) is 5.78 Å². The summed E-state index contributed by atoms with van der Waals surface area (Å²) in [6.45, 7) is 6.34. The molecular formula is C30H36N2O2. The minimum absolute atomic E-state index is 0.00602. The zero-order valence-corrected chi connectivity index (χ0v) is 21.3. The molecule has 0 atom stereocenters. The second-order valence-corrected chi connectivity index (χ2v) is 9.37. The van der Waals surface area contributed by atoms with Gasteiger partial charge in [0.2, 0.25) is 0 Å². The first-order valence-electron chi connectivity index (χ1n) is 11.7. The van der Waals surface area contributed by atoms with Crippen molar-refractivity contribution in [1.29, 1.82) is 0 Å². The van der Waals surface area contributed by atoms with Gasteiger partial charge in [0.25, 0.3) is 0 Å². The standard InChI is InChI=1S/C30H36N2O2/c1-22-17-23(2)19-27(18-22)24-12-14-30(34-16-15-31(3)4)25(20-24)11-13-29(33)28-10-8-7-9-26(28)21-32(5)6/h7-14,17-20H,15-16,21H2,1-6H3/b13-11+. The van der Waals surface area contributed by atoms with E-state index in [2.05, 4.69) is 54.0 Å². The molecule has 0 saturated heterocycles. The summed E-state index contributed by atoms with van der Waals surface area (Å²) >= 11 is 0. The number of likely N-dealkylation sites (N-methyl/N-ethyl adjacent to an activating group) is 1. The number of rotatable bonds is 10. The van der Waals surface area contributed by atoms with Crippen LogP contribution in [0.3, 0.4) is 0 Å². The Morgan fingerprint density at radius 1 is 0.853 bits per heavy atom. The van der Waals surface area contributed by atoms with Gasteiger partial charge in [-0.3, -0.25) is 4.79 Å². The average Bonchev–Trinajstić information content (AvgIpc) is 2.77. The monoisotopic (exact) mass is 456 g/mol. The van der Waals surface area contributed by atoms with Crippen LogP contribution >= 0.6 is 0 Å².